The Bertz CT molecular complexity index is 424. The van der Waals surface area contributed by atoms with Crippen molar-refractivity contribution in [1.29, 1.82) is 0 Å². The standard InChI is InChI=1S/C9H9IN3O/c10-8-3-1-7(2-4-8)5-13-6-9(11)14-12-13/h1-4,6H,5,11H2/q+1. The minimum Gasteiger partial charge on any atom is -0.362 e. The number of nitrogen functional groups attached to an aromatic ring is 1. The van der Waals surface area contributed by atoms with E-state index in [0.29, 0.717) is 12.4 Å². The summed E-state index contributed by atoms with van der Waals surface area (Å²) in [6.45, 7) is 0.678. The number of nitrogens with zero attached hydrogens (tertiary/aromatic N) is 2. The van der Waals surface area contributed by atoms with Crippen molar-refractivity contribution < 1.29 is 9.20 Å². The Hall–Kier alpha value is -1.11. The van der Waals surface area contributed by atoms with Crippen LogP contribution >= 0.6 is 22.6 Å². The molecule has 0 aliphatic rings. The number of anilines is 1. The lowest BCUT2D eigenvalue weighted by Gasteiger charge is -1.92. The summed E-state index contributed by atoms with van der Waals surface area (Å²) in [6.07, 6.45) is 1.66. The van der Waals surface area contributed by atoms with Crippen molar-refractivity contribution in [3.63, 3.8) is 0 Å². The highest BCUT2D eigenvalue weighted by Crippen LogP contribution is 2.06. The Kier molecular flexibility index (Phi) is 2.67. The van der Waals surface area contributed by atoms with Crippen molar-refractivity contribution in [1.82, 2.24) is 5.27 Å². The van der Waals surface area contributed by atoms with Crippen LogP contribution in [0.1, 0.15) is 5.56 Å². The van der Waals surface area contributed by atoms with E-state index in [9.17, 15) is 0 Å². The highest BCUT2D eigenvalue weighted by Gasteiger charge is 2.08. The zero-order chi connectivity index (χ0) is 9.97. The molecule has 1 heterocycles. The van der Waals surface area contributed by atoms with Gasteiger partial charge in [-0.15, -0.1) is 0 Å². The molecule has 1 aromatic carbocycles. The predicted octanol–water partition coefficient (Wildman–Crippen LogP) is 1.20. The van der Waals surface area contributed by atoms with E-state index in [4.69, 9.17) is 10.3 Å². The Morgan fingerprint density at radius 1 is 1.36 bits per heavy atom. The molecule has 0 aliphatic heterocycles. The molecule has 0 bridgehead atoms. The second-order valence-corrected chi connectivity index (χ2v) is 4.17. The first-order chi connectivity index (χ1) is 6.74. The van der Waals surface area contributed by atoms with Crippen LogP contribution in [-0.2, 0) is 6.54 Å². The summed E-state index contributed by atoms with van der Waals surface area (Å²) in [7, 11) is 0. The summed E-state index contributed by atoms with van der Waals surface area (Å²) in [6, 6.07) is 8.22. The SMILES string of the molecule is Nc1c[n+](Cc2ccc(I)cc2)no1. The molecule has 4 nitrogen and oxygen atoms in total. The highest BCUT2D eigenvalue weighted by molar-refractivity contribution is 14.1. The van der Waals surface area contributed by atoms with Gasteiger partial charge in [-0.2, -0.15) is 0 Å². The molecule has 5 heteroatoms. The lowest BCUT2D eigenvalue weighted by atomic mass is 10.2. The quantitative estimate of drug-likeness (QED) is 0.670. The minimum absolute atomic E-state index is 0.329. The molecule has 72 valence electrons. The summed E-state index contributed by atoms with van der Waals surface area (Å²) in [5, 5.41) is 3.75. The van der Waals surface area contributed by atoms with Crippen LogP contribution < -0.4 is 10.4 Å². The van der Waals surface area contributed by atoms with Crippen molar-refractivity contribution in [2.24, 2.45) is 0 Å². The second kappa shape index (κ2) is 3.95. The molecule has 0 atom stereocenters. The lowest BCUT2D eigenvalue weighted by Crippen LogP contribution is -2.35. The van der Waals surface area contributed by atoms with E-state index in [0.717, 1.165) is 0 Å². The first-order valence-electron chi connectivity index (χ1n) is 4.10. The maximum Gasteiger partial charge on any atom is 0.293 e. The molecule has 2 N–H and O–H groups in total. The lowest BCUT2D eigenvalue weighted by molar-refractivity contribution is -0.754. The molecule has 0 saturated heterocycles. The molecule has 0 unspecified atom stereocenters. The van der Waals surface area contributed by atoms with E-state index in [2.05, 4.69) is 52.1 Å². The van der Waals surface area contributed by atoms with Crippen molar-refractivity contribution >= 4 is 28.5 Å². The highest BCUT2D eigenvalue weighted by atomic mass is 127. The van der Waals surface area contributed by atoms with Crippen LogP contribution in [0.4, 0.5) is 5.88 Å². The maximum absolute atomic E-state index is 5.41. The first-order valence-corrected chi connectivity index (χ1v) is 5.18. The van der Waals surface area contributed by atoms with Crippen LogP contribution in [-0.4, -0.2) is 5.27 Å². The maximum atomic E-state index is 5.41. The number of hydrogen-bond donors (Lipinski definition) is 1. The Balaban J connectivity index is 2.15. The summed E-state index contributed by atoms with van der Waals surface area (Å²) < 4.78 is 7.63. The fraction of sp³-hybridized carbons (Fsp3) is 0.111. The fourth-order valence-corrected chi connectivity index (χ4v) is 1.50. The first kappa shape index (κ1) is 9.45. The van der Waals surface area contributed by atoms with Crippen molar-refractivity contribution in [2.45, 2.75) is 6.54 Å². The van der Waals surface area contributed by atoms with Crippen molar-refractivity contribution in [2.75, 3.05) is 5.73 Å². The molecule has 1 aromatic heterocycles. The number of nitrogens with two attached hydrogens (primary N) is 1. The van der Waals surface area contributed by atoms with E-state index >= 15 is 0 Å². The second-order valence-electron chi connectivity index (χ2n) is 2.93. The third-order valence-corrected chi connectivity index (χ3v) is 2.50. The molecular formula is C9H9IN3O+. The van der Waals surface area contributed by atoms with Crippen molar-refractivity contribution in [3.8, 4) is 0 Å². The molecule has 0 spiro atoms. The average Bonchev–Trinajstić information content (AvgIpc) is 2.56. The molecule has 2 aromatic rings. The summed E-state index contributed by atoms with van der Waals surface area (Å²) >= 11 is 2.27. The Morgan fingerprint density at radius 2 is 2.07 bits per heavy atom. The third-order valence-electron chi connectivity index (χ3n) is 1.79. The Morgan fingerprint density at radius 3 is 2.64 bits per heavy atom. The number of hydrogen-bond acceptors (Lipinski definition) is 3. The number of halogens is 1. The van der Waals surface area contributed by atoms with E-state index in [-0.39, 0.29) is 0 Å². The van der Waals surface area contributed by atoms with Crippen LogP contribution in [0.5, 0.6) is 0 Å². The molecule has 2 rings (SSSR count). The average molecular weight is 302 g/mol. The predicted molar refractivity (Wildman–Crippen MR) is 59.4 cm³/mol. The molecule has 0 radical (unpaired) electrons. The van der Waals surface area contributed by atoms with Gasteiger partial charge in [0.05, 0.1) is 0 Å². The molecule has 14 heavy (non-hydrogen) atoms. The normalized spacial score (nSPS) is 10.4. The topological polar surface area (TPSA) is 55.9 Å². The van der Waals surface area contributed by atoms with Gasteiger partial charge in [-0.1, -0.05) is 12.1 Å². The third kappa shape index (κ3) is 2.22. The van der Waals surface area contributed by atoms with Gasteiger partial charge in [-0.05, 0) is 39.4 Å². The summed E-state index contributed by atoms with van der Waals surface area (Å²) in [5.41, 5.74) is 6.58. The number of benzene rings is 1. The van der Waals surface area contributed by atoms with Crippen LogP contribution in [0.25, 0.3) is 0 Å². The largest absolute Gasteiger partial charge is 0.362 e. The molecular weight excluding hydrogens is 293 g/mol. The van der Waals surface area contributed by atoms with Crippen LogP contribution in [0, 0.1) is 3.57 Å². The van der Waals surface area contributed by atoms with Crippen molar-refractivity contribution in [3.05, 3.63) is 39.6 Å². The van der Waals surface area contributed by atoms with Crippen LogP contribution in [0.2, 0.25) is 0 Å². The summed E-state index contributed by atoms with van der Waals surface area (Å²) in [4.78, 5) is 0. The van der Waals surface area contributed by atoms with E-state index in [1.165, 1.54) is 9.13 Å². The minimum atomic E-state index is 0.329. The van der Waals surface area contributed by atoms with E-state index in [1.54, 1.807) is 10.9 Å². The van der Waals surface area contributed by atoms with Gasteiger partial charge in [-0.25, -0.2) is 0 Å². The van der Waals surface area contributed by atoms with Gasteiger partial charge < -0.3 is 5.73 Å². The van der Waals surface area contributed by atoms with Gasteiger partial charge in [-0.3, -0.25) is 4.52 Å². The molecule has 0 amide bonds. The van der Waals surface area contributed by atoms with Crippen LogP contribution in [0.15, 0.2) is 35.0 Å². The fourth-order valence-electron chi connectivity index (χ4n) is 1.14. The molecule has 0 saturated carbocycles. The van der Waals surface area contributed by atoms with Gasteiger partial charge >= 0.3 is 0 Å². The smallest absolute Gasteiger partial charge is 0.293 e. The number of aromatic nitrogens is 2. The van der Waals surface area contributed by atoms with Gasteiger partial charge in [0.25, 0.3) is 12.1 Å². The van der Waals surface area contributed by atoms with Gasteiger partial charge in [0.1, 0.15) is 0 Å². The van der Waals surface area contributed by atoms with E-state index < -0.39 is 0 Å². The molecule has 0 aliphatic carbocycles. The number of rotatable bonds is 2. The molecule has 0 fully saturated rings. The zero-order valence-corrected chi connectivity index (χ0v) is 9.51. The van der Waals surface area contributed by atoms with E-state index in [1.807, 2.05) is 0 Å². The van der Waals surface area contributed by atoms with Gasteiger partial charge in [0.15, 0.2) is 0 Å². The zero-order valence-electron chi connectivity index (χ0n) is 7.35. The summed E-state index contributed by atoms with van der Waals surface area (Å²) in [5.74, 6) is 0.329. The monoisotopic (exact) mass is 302 g/mol. The Labute approximate surface area is 94.8 Å². The van der Waals surface area contributed by atoms with Crippen LogP contribution in [0.3, 0.4) is 0 Å². The van der Waals surface area contributed by atoms with Gasteiger partial charge in [0.2, 0.25) is 11.8 Å². The van der Waals surface area contributed by atoms with Gasteiger partial charge in [0, 0.05) is 9.13 Å².